The lowest BCUT2D eigenvalue weighted by Gasteiger charge is -2.21. The van der Waals surface area contributed by atoms with Crippen LogP contribution in [0.25, 0.3) is 0 Å². The largest absolute Gasteiger partial charge is 0.393 e. The minimum atomic E-state index is -0.112. The van der Waals surface area contributed by atoms with Gasteiger partial charge in [0, 0.05) is 6.04 Å². The molecule has 0 aliphatic heterocycles. The summed E-state index contributed by atoms with van der Waals surface area (Å²) in [5.41, 5.74) is 5.57. The Kier molecular flexibility index (Phi) is 4.19. The Morgan fingerprint density at radius 1 is 1.33 bits per heavy atom. The van der Waals surface area contributed by atoms with Crippen molar-refractivity contribution in [2.75, 3.05) is 0 Å². The van der Waals surface area contributed by atoms with Crippen LogP contribution in [0.2, 0.25) is 0 Å². The van der Waals surface area contributed by atoms with Crippen molar-refractivity contribution >= 4 is 12.4 Å². The van der Waals surface area contributed by atoms with Gasteiger partial charge in [0.2, 0.25) is 0 Å². The number of hydrogen-bond acceptors (Lipinski definition) is 2. The molecule has 1 rings (SSSR count). The van der Waals surface area contributed by atoms with Crippen molar-refractivity contribution in [2.24, 2.45) is 5.73 Å². The molecular weight excluding hydrogens is 138 g/mol. The third-order valence-corrected chi connectivity index (χ3v) is 1.69. The second kappa shape index (κ2) is 4.09. The molecule has 3 N–H and O–H groups in total. The summed E-state index contributed by atoms with van der Waals surface area (Å²) in [4.78, 5) is 0. The number of rotatable bonds is 0. The van der Waals surface area contributed by atoms with E-state index in [9.17, 15) is 0 Å². The minimum Gasteiger partial charge on any atom is -0.393 e. The van der Waals surface area contributed by atoms with Gasteiger partial charge in [0.25, 0.3) is 0 Å². The fourth-order valence-corrected chi connectivity index (χ4v) is 1.20. The highest BCUT2D eigenvalue weighted by Crippen LogP contribution is 2.15. The zero-order valence-corrected chi connectivity index (χ0v) is 6.23. The normalized spacial score (nSPS) is 35.3. The van der Waals surface area contributed by atoms with E-state index in [1.807, 2.05) is 0 Å². The van der Waals surface area contributed by atoms with Gasteiger partial charge in [-0.25, -0.2) is 0 Å². The van der Waals surface area contributed by atoms with Crippen LogP contribution in [-0.4, -0.2) is 17.3 Å². The molecule has 3 heteroatoms. The molecule has 0 amide bonds. The van der Waals surface area contributed by atoms with Gasteiger partial charge in [-0.05, 0) is 25.7 Å². The molecule has 2 nitrogen and oxygen atoms in total. The zero-order chi connectivity index (χ0) is 5.98. The molecule has 56 valence electrons. The smallest absolute Gasteiger partial charge is 0.0555 e. The average molecular weight is 152 g/mol. The van der Waals surface area contributed by atoms with E-state index in [4.69, 9.17) is 10.8 Å². The molecular formula is C6H14ClNO. The molecule has 0 aromatic rings. The summed E-state index contributed by atoms with van der Waals surface area (Å²) in [5, 5.41) is 9.00. The Labute approximate surface area is 61.8 Å². The fraction of sp³-hybridized carbons (Fsp3) is 1.00. The van der Waals surface area contributed by atoms with E-state index >= 15 is 0 Å². The van der Waals surface area contributed by atoms with Crippen molar-refractivity contribution < 1.29 is 5.11 Å². The van der Waals surface area contributed by atoms with Crippen LogP contribution in [0, 0.1) is 0 Å². The number of hydrogen-bond donors (Lipinski definition) is 2. The first-order chi connectivity index (χ1) is 3.79. The lowest BCUT2D eigenvalue weighted by Crippen LogP contribution is -2.30. The van der Waals surface area contributed by atoms with Crippen molar-refractivity contribution in [3.63, 3.8) is 0 Å². The number of aliphatic hydroxyl groups is 1. The van der Waals surface area contributed by atoms with Crippen LogP contribution >= 0.6 is 12.4 Å². The molecule has 0 bridgehead atoms. The predicted octanol–water partition coefficient (Wildman–Crippen LogP) is 0.670. The fourth-order valence-electron chi connectivity index (χ4n) is 1.20. The summed E-state index contributed by atoms with van der Waals surface area (Å²) in [5.74, 6) is 0. The first-order valence-electron chi connectivity index (χ1n) is 3.22. The van der Waals surface area contributed by atoms with Crippen molar-refractivity contribution in [2.45, 2.75) is 37.8 Å². The Morgan fingerprint density at radius 3 is 2.33 bits per heavy atom. The molecule has 0 radical (unpaired) electrons. The van der Waals surface area contributed by atoms with Crippen LogP contribution in [0.15, 0.2) is 0 Å². The van der Waals surface area contributed by atoms with Crippen molar-refractivity contribution in [1.29, 1.82) is 0 Å². The first-order valence-corrected chi connectivity index (χ1v) is 3.22. The third-order valence-electron chi connectivity index (χ3n) is 1.69. The van der Waals surface area contributed by atoms with E-state index in [2.05, 4.69) is 0 Å². The van der Waals surface area contributed by atoms with Crippen molar-refractivity contribution in [1.82, 2.24) is 0 Å². The van der Waals surface area contributed by atoms with Crippen LogP contribution in [0.1, 0.15) is 25.7 Å². The molecule has 2 atom stereocenters. The first kappa shape index (κ1) is 9.21. The van der Waals surface area contributed by atoms with E-state index in [1.165, 1.54) is 0 Å². The zero-order valence-electron chi connectivity index (χ0n) is 5.42. The average Bonchev–Trinajstić information content (AvgIpc) is 1.64. The van der Waals surface area contributed by atoms with Gasteiger partial charge in [-0.1, -0.05) is 0 Å². The maximum atomic E-state index is 9.00. The lowest BCUT2D eigenvalue weighted by atomic mass is 9.94. The molecule has 1 saturated carbocycles. The Bertz CT molecular complexity index is 71.5. The van der Waals surface area contributed by atoms with Gasteiger partial charge >= 0.3 is 0 Å². The molecule has 0 saturated heterocycles. The van der Waals surface area contributed by atoms with Crippen LogP contribution in [-0.2, 0) is 0 Å². The van der Waals surface area contributed by atoms with Gasteiger partial charge < -0.3 is 10.8 Å². The van der Waals surface area contributed by atoms with Crippen molar-refractivity contribution in [3.05, 3.63) is 0 Å². The second-order valence-electron chi connectivity index (χ2n) is 2.58. The van der Waals surface area contributed by atoms with Crippen molar-refractivity contribution in [3.8, 4) is 0 Å². The third kappa shape index (κ3) is 3.04. The van der Waals surface area contributed by atoms with Gasteiger partial charge in [0.15, 0.2) is 0 Å². The Morgan fingerprint density at radius 2 is 2.00 bits per heavy atom. The summed E-state index contributed by atoms with van der Waals surface area (Å²) in [6.45, 7) is 0. The topological polar surface area (TPSA) is 46.2 Å². The van der Waals surface area contributed by atoms with Gasteiger partial charge in [0.1, 0.15) is 0 Å². The maximum absolute atomic E-state index is 9.00. The lowest BCUT2D eigenvalue weighted by molar-refractivity contribution is 0.120. The molecule has 0 aromatic carbocycles. The molecule has 1 fully saturated rings. The maximum Gasteiger partial charge on any atom is 0.0555 e. The van der Waals surface area contributed by atoms with E-state index < -0.39 is 0 Å². The highest BCUT2D eigenvalue weighted by molar-refractivity contribution is 5.85. The SMILES string of the molecule is Cl.N[C@@H]1CCC[C@H](O)C1. The Hall–Kier alpha value is 0.210. The van der Waals surface area contributed by atoms with Crippen LogP contribution in [0.5, 0.6) is 0 Å². The van der Waals surface area contributed by atoms with Gasteiger partial charge in [-0.3, -0.25) is 0 Å². The van der Waals surface area contributed by atoms with E-state index in [1.54, 1.807) is 0 Å². The van der Waals surface area contributed by atoms with Gasteiger partial charge in [-0.15, -0.1) is 12.4 Å². The standard InChI is InChI=1S/C6H13NO.ClH/c7-5-2-1-3-6(8)4-5;/h5-6,8H,1-4,7H2;1H/t5-,6+;/m1./s1. The van der Waals surface area contributed by atoms with E-state index in [-0.39, 0.29) is 24.6 Å². The molecule has 1 aliphatic carbocycles. The molecule has 0 unspecified atom stereocenters. The summed E-state index contributed by atoms with van der Waals surface area (Å²) in [7, 11) is 0. The summed E-state index contributed by atoms with van der Waals surface area (Å²) in [6.07, 6.45) is 3.84. The van der Waals surface area contributed by atoms with Gasteiger partial charge in [0.05, 0.1) is 6.10 Å². The molecule has 0 aromatic heterocycles. The predicted molar refractivity (Wildman–Crippen MR) is 39.7 cm³/mol. The second-order valence-corrected chi connectivity index (χ2v) is 2.58. The Balaban J connectivity index is 0.000000640. The number of halogens is 1. The van der Waals surface area contributed by atoms with Crippen LogP contribution in [0.4, 0.5) is 0 Å². The highest BCUT2D eigenvalue weighted by Gasteiger charge is 2.15. The van der Waals surface area contributed by atoms with Crippen LogP contribution < -0.4 is 5.73 Å². The van der Waals surface area contributed by atoms with E-state index in [0.717, 1.165) is 25.7 Å². The minimum absolute atomic E-state index is 0. The summed E-state index contributed by atoms with van der Waals surface area (Å²) in [6, 6.07) is 0.263. The number of nitrogens with two attached hydrogens (primary N) is 1. The van der Waals surface area contributed by atoms with E-state index in [0.29, 0.717) is 0 Å². The summed E-state index contributed by atoms with van der Waals surface area (Å²) >= 11 is 0. The molecule has 0 spiro atoms. The molecule has 0 heterocycles. The highest BCUT2D eigenvalue weighted by atomic mass is 35.5. The molecule has 1 aliphatic rings. The summed E-state index contributed by atoms with van der Waals surface area (Å²) < 4.78 is 0. The quantitative estimate of drug-likeness (QED) is 0.535. The molecule has 9 heavy (non-hydrogen) atoms. The monoisotopic (exact) mass is 151 g/mol. The number of aliphatic hydroxyl groups excluding tert-OH is 1. The van der Waals surface area contributed by atoms with Gasteiger partial charge in [-0.2, -0.15) is 0 Å². The van der Waals surface area contributed by atoms with Crippen LogP contribution in [0.3, 0.4) is 0 Å².